The third-order valence-corrected chi connectivity index (χ3v) is 10.0. The predicted molar refractivity (Wildman–Crippen MR) is 186 cm³/mol. The molecule has 1 saturated heterocycles. The highest BCUT2D eigenvalue weighted by Crippen LogP contribution is 2.28. The number of amides is 1. The van der Waals surface area contributed by atoms with Crippen molar-refractivity contribution in [2.45, 2.75) is 51.9 Å². The van der Waals surface area contributed by atoms with Gasteiger partial charge in [0.1, 0.15) is 30.1 Å². The molecule has 0 aliphatic carbocycles. The molecule has 4 aromatic rings. The number of hydrogen-bond acceptors (Lipinski definition) is 8. The summed E-state index contributed by atoms with van der Waals surface area (Å²) in [6.45, 7) is 4.42. The largest absolute Gasteiger partial charge is 0.490 e. The van der Waals surface area contributed by atoms with Crippen molar-refractivity contribution in [1.29, 1.82) is 10.8 Å². The van der Waals surface area contributed by atoms with E-state index in [9.17, 15) is 23.1 Å². The fourth-order valence-corrected chi connectivity index (χ4v) is 7.03. The minimum atomic E-state index is -4.43. The first kappa shape index (κ1) is 34.9. The highest BCUT2D eigenvalue weighted by atomic mass is 32.2. The van der Waals surface area contributed by atoms with Gasteiger partial charge >= 0.3 is 5.97 Å². The van der Waals surface area contributed by atoms with Crippen LogP contribution >= 0.6 is 0 Å². The van der Waals surface area contributed by atoms with E-state index in [1.54, 1.807) is 54.0 Å². The zero-order valence-electron chi connectivity index (χ0n) is 27.3. The number of ether oxygens (including phenoxy) is 1. The SMILES string of the molecule is CC(=N)N1CCC(Oc2ccc(N(Cc3nc4cc(C(=N)N)ccc4n3CC(=O)N[C@@H](C)c3ccccc3)S(=O)(=O)CC(=O)O)cc2)CC1. The minimum Gasteiger partial charge on any atom is -0.490 e. The van der Waals surface area contributed by atoms with Gasteiger partial charge in [-0.05, 0) is 61.9 Å². The maximum atomic E-state index is 13.6. The van der Waals surface area contributed by atoms with Crippen LogP contribution in [-0.2, 0) is 32.7 Å². The van der Waals surface area contributed by atoms with E-state index in [0.29, 0.717) is 41.3 Å². The Bertz CT molecular complexity index is 1960. The molecular formula is C34H40N8O6S. The molecule has 1 amide bonds. The summed E-state index contributed by atoms with van der Waals surface area (Å²) in [4.78, 5) is 31.7. The standard InChI is InChI=1S/C34H40N8O6S/c1-22(24-6-4-3-5-7-24)38-32(43)20-41-30-13-8-25(34(36)37)18-29(30)39-31(41)19-42(49(46,47)21-33(44)45)26-9-11-27(12-10-26)48-28-14-16-40(17-15-28)23(2)35/h3-13,18,22,28,35H,14-17,19-21H2,1-2H3,(H3,36,37)(H,38,43)(H,44,45)/t22-/m0/s1. The number of carboxylic acid groups (broad SMARTS) is 1. The number of imidazole rings is 1. The van der Waals surface area contributed by atoms with Gasteiger partial charge in [0, 0.05) is 31.5 Å². The van der Waals surface area contributed by atoms with Crippen LogP contribution in [0.4, 0.5) is 5.69 Å². The molecule has 0 saturated carbocycles. The van der Waals surface area contributed by atoms with Crippen LogP contribution in [0.25, 0.3) is 11.0 Å². The number of fused-ring (bicyclic) bond motifs is 1. The van der Waals surface area contributed by atoms with E-state index in [-0.39, 0.29) is 48.5 Å². The van der Waals surface area contributed by atoms with Crippen LogP contribution in [0.2, 0.25) is 0 Å². The lowest BCUT2D eigenvalue weighted by Gasteiger charge is -2.33. The number of carbonyl (C=O) groups excluding carboxylic acids is 1. The van der Waals surface area contributed by atoms with Crippen molar-refractivity contribution in [1.82, 2.24) is 19.8 Å². The third-order valence-electron chi connectivity index (χ3n) is 8.39. The number of nitrogen functional groups attached to an aromatic ring is 1. The normalized spacial score (nSPS) is 14.3. The second-order valence-corrected chi connectivity index (χ2v) is 13.9. The molecule has 0 radical (unpaired) electrons. The topological polar surface area (TPSA) is 208 Å². The number of likely N-dealkylation sites (tertiary alicyclic amines) is 1. The zero-order valence-corrected chi connectivity index (χ0v) is 28.1. The molecule has 1 aliphatic heterocycles. The van der Waals surface area contributed by atoms with Crippen molar-refractivity contribution in [3.63, 3.8) is 0 Å². The Morgan fingerprint density at radius 3 is 2.37 bits per heavy atom. The molecule has 15 heteroatoms. The molecule has 0 bridgehead atoms. The van der Waals surface area contributed by atoms with Gasteiger partial charge in [-0.15, -0.1) is 0 Å². The summed E-state index contributed by atoms with van der Waals surface area (Å²) in [6, 6.07) is 20.3. The van der Waals surface area contributed by atoms with Crippen LogP contribution < -0.4 is 20.1 Å². The van der Waals surface area contributed by atoms with Crippen LogP contribution in [0.5, 0.6) is 5.75 Å². The fourth-order valence-electron chi connectivity index (χ4n) is 5.81. The number of aliphatic carboxylic acids is 1. The van der Waals surface area contributed by atoms with Crippen molar-refractivity contribution in [2.24, 2.45) is 5.73 Å². The maximum absolute atomic E-state index is 13.6. The number of nitrogens with one attached hydrogen (secondary N) is 3. The Kier molecular flexibility index (Phi) is 10.5. The summed E-state index contributed by atoms with van der Waals surface area (Å²) in [7, 11) is -4.43. The van der Waals surface area contributed by atoms with E-state index in [0.717, 1.165) is 22.7 Å². The Morgan fingerprint density at radius 2 is 1.76 bits per heavy atom. The van der Waals surface area contributed by atoms with Crippen molar-refractivity contribution in [3.8, 4) is 5.75 Å². The Morgan fingerprint density at radius 1 is 1.08 bits per heavy atom. The number of nitrogens with zero attached hydrogens (tertiary/aromatic N) is 4. The molecule has 0 spiro atoms. The number of piperidine rings is 1. The predicted octanol–water partition coefficient (Wildman–Crippen LogP) is 3.46. The van der Waals surface area contributed by atoms with E-state index in [4.69, 9.17) is 21.3 Å². The second kappa shape index (κ2) is 14.8. The minimum absolute atomic E-state index is 0.0659. The molecule has 1 aliphatic rings. The lowest BCUT2D eigenvalue weighted by Crippen LogP contribution is -2.40. The zero-order chi connectivity index (χ0) is 35.3. The molecule has 3 aromatic carbocycles. The molecule has 258 valence electrons. The van der Waals surface area contributed by atoms with E-state index >= 15 is 0 Å². The summed E-state index contributed by atoms with van der Waals surface area (Å²) < 4.78 is 35.8. The van der Waals surface area contributed by atoms with E-state index in [1.165, 1.54) is 0 Å². The molecule has 49 heavy (non-hydrogen) atoms. The average Bonchev–Trinajstić information content (AvgIpc) is 3.39. The van der Waals surface area contributed by atoms with Gasteiger partial charge in [0.05, 0.1) is 35.1 Å². The quantitative estimate of drug-likeness (QED) is 0.103. The van der Waals surface area contributed by atoms with Crippen LogP contribution in [0, 0.1) is 10.8 Å². The number of hydrogen-bond donors (Lipinski definition) is 5. The second-order valence-electron chi connectivity index (χ2n) is 12.0. The maximum Gasteiger partial charge on any atom is 0.320 e. The van der Waals surface area contributed by atoms with Crippen molar-refractivity contribution in [2.75, 3.05) is 23.1 Å². The number of nitrogens with two attached hydrogens (primary N) is 1. The Hall–Kier alpha value is -5.44. The summed E-state index contributed by atoms with van der Waals surface area (Å²) >= 11 is 0. The van der Waals surface area contributed by atoms with Crippen molar-refractivity contribution >= 4 is 50.3 Å². The number of benzene rings is 3. The Labute approximate surface area is 284 Å². The molecule has 2 heterocycles. The van der Waals surface area contributed by atoms with Gasteiger partial charge in [0.25, 0.3) is 0 Å². The number of rotatable bonds is 13. The fraction of sp³-hybridized carbons (Fsp3) is 0.324. The van der Waals surface area contributed by atoms with Gasteiger partial charge in [-0.3, -0.25) is 24.7 Å². The van der Waals surface area contributed by atoms with E-state index < -0.39 is 21.7 Å². The number of carbonyl (C=O) groups is 2. The molecule has 14 nitrogen and oxygen atoms in total. The first-order chi connectivity index (χ1) is 23.3. The summed E-state index contributed by atoms with van der Waals surface area (Å²) in [5.74, 6) is -2.00. The van der Waals surface area contributed by atoms with Crippen molar-refractivity contribution < 1.29 is 27.9 Å². The monoisotopic (exact) mass is 688 g/mol. The highest BCUT2D eigenvalue weighted by molar-refractivity contribution is 7.93. The van der Waals surface area contributed by atoms with Gasteiger partial charge in [0.2, 0.25) is 15.9 Å². The summed E-state index contributed by atoms with van der Waals surface area (Å²) in [5, 5.41) is 28.1. The average molecular weight is 689 g/mol. The van der Waals surface area contributed by atoms with Gasteiger partial charge in [0.15, 0.2) is 5.75 Å². The first-order valence-corrected chi connectivity index (χ1v) is 17.4. The molecule has 1 fully saturated rings. The van der Waals surface area contributed by atoms with Crippen LogP contribution in [-0.4, -0.2) is 76.5 Å². The lowest BCUT2D eigenvalue weighted by atomic mass is 10.1. The summed E-state index contributed by atoms with van der Waals surface area (Å²) in [6.07, 6.45) is 1.40. The van der Waals surface area contributed by atoms with Gasteiger partial charge in [-0.2, -0.15) is 0 Å². The molecule has 6 N–H and O–H groups in total. The first-order valence-electron chi connectivity index (χ1n) is 15.8. The van der Waals surface area contributed by atoms with Crippen molar-refractivity contribution in [3.05, 3.63) is 89.7 Å². The van der Waals surface area contributed by atoms with Crippen LogP contribution in [0.3, 0.4) is 0 Å². The van der Waals surface area contributed by atoms with Crippen LogP contribution in [0.1, 0.15) is 49.7 Å². The number of sulfonamides is 1. The number of anilines is 1. The Balaban J connectivity index is 1.45. The summed E-state index contributed by atoms with van der Waals surface area (Å²) in [5.41, 5.74) is 8.09. The molecule has 5 rings (SSSR count). The number of aromatic nitrogens is 2. The van der Waals surface area contributed by atoms with E-state index in [2.05, 4.69) is 10.3 Å². The molecule has 1 aromatic heterocycles. The number of amidine groups is 2. The molecule has 0 unspecified atom stereocenters. The van der Waals surface area contributed by atoms with Crippen LogP contribution in [0.15, 0.2) is 72.8 Å². The number of carboxylic acids is 1. The van der Waals surface area contributed by atoms with Gasteiger partial charge in [-0.1, -0.05) is 30.3 Å². The third kappa shape index (κ3) is 8.54. The molecular weight excluding hydrogens is 648 g/mol. The van der Waals surface area contributed by atoms with E-state index in [1.807, 2.05) is 42.2 Å². The smallest absolute Gasteiger partial charge is 0.320 e. The van der Waals surface area contributed by atoms with Gasteiger partial charge in [-0.25, -0.2) is 13.4 Å². The lowest BCUT2D eigenvalue weighted by molar-refractivity contribution is -0.134. The molecule has 1 atom stereocenters. The highest BCUT2D eigenvalue weighted by Gasteiger charge is 2.29. The van der Waals surface area contributed by atoms with Gasteiger partial charge < -0.3 is 30.4 Å².